The van der Waals surface area contributed by atoms with Crippen molar-refractivity contribution in [3.8, 4) is 22.3 Å². The lowest BCUT2D eigenvalue weighted by Gasteiger charge is -2.28. The molecule has 49 heavy (non-hydrogen) atoms. The second-order valence-electron chi connectivity index (χ2n) is 13.8. The molecule has 0 N–H and O–H groups in total. The molecule has 1 aromatic heterocycles. The first kappa shape index (κ1) is 28.3. The van der Waals surface area contributed by atoms with Crippen LogP contribution in [0.2, 0.25) is 0 Å². The average Bonchev–Trinajstić information content (AvgIpc) is 3.62. The summed E-state index contributed by atoms with van der Waals surface area (Å²) in [7, 11) is 0. The van der Waals surface area contributed by atoms with Crippen LogP contribution in [0.5, 0.6) is 0 Å². The SMILES string of the molecule is CC1(C)c2ccccc2-c2ccc(N(c3ccccc3)c3ccc(-c4ccc5c(ccc6cc7c(cc65)sc5ccccc57)c4)cc3)cc21. The predicted molar refractivity (Wildman–Crippen MR) is 212 cm³/mol. The lowest BCUT2D eigenvalue weighted by Crippen LogP contribution is -2.16. The summed E-state index contributed by atoms with van der Waals surface area (Å²) in [5.74, 6) is 0. The molecule has 0 saturated carbocycles. The van der Waals surface area contributed by atoms with Gasteiger partial charge in [0.1, 0.15) is 0 Å². The Bertz CT molecular complexity index is 2730. The van der Waals surface area contributed by atoms with Gasteiger partial charge >= 0.3 is 0 Å². The van der Waals surface area contributed by atoms with Crippen molar-refractivity contribution in [2.75, 3.05) is 4.90 Å². The number of anilines is 3. The van der Waals surface area contributed by atoms with E-state index in [-0.39, 0.29) is 5.41 Å². The number of rotatable bonds is 4. The van der Waals surface area contributed by atoms with Gasteiger partial charge in [-0.25, -0.2) is 0 Å². The van der Waals surface area contributed by atoms with Crippen LogP contribution in [-0.2, 0) is 5.41 Å². The molecule has 9 aromatic rings. The first-order chi connectivity index (χ1) is 24.0. The van der Waals surface area contributed by atoms with Crippen LogP contribution >= 0.6 is 11.3 Å². The van der Waals surface area contributed by atoms with E-state index in [2.05, 4.69) is 183 Å². The molecule has 0 spiro atoms. The van der Waals surface area contributed by atoms with E-state index in [1.54, 1.807) is 0 Å². The van der Waals surface area contributed by atoms with Gasteiger partial charge in [0.15, 0.2) is 0 Å². The normalized spacial score (nSPS) is 13.3. The zero-order chi connectivity index (χ0) is 32.7. The van der Waals surface area contributed by atoms with Gasteiger partial charge < -0.3 is 4.90 Å². The minimum absolute atomic E-state index is 0.0561. The van der Waals surface area contributed by atoms with Gasteiger partial charge in [0.05, 0.1) is 0 Å². The molecule has 8 aromatic carbocycles. The average molecular weight is 644 g/mol. The molecular weight excluding hydrogens is 611 g/mol. The number of fused-ring (bicyclic) bond motifs is 9. The standard InChI is InChI=1S/C47H33NS/c1-47(2)43-14-8-6-12-38(43)39-25-23-36(28-44(39)47)48(34-10-4-3-5-11-34)35-21-18-30(19-22-35)31-20-24-37-32(26-31)16-17-33-27-42-40-13-7-9-15-45(40)49-46(42)29-41(33)37/h3-29H,1-2H3. The third-order valence-corrected chi connectivity index (χ3v) is 11.8. The highest BCUT2D eigenvalue weighted by Crippen LogP contribution is 2.50. The lowest BCUT2D eigenvalue weighted by atomic mass is 9.82. The second-order valence-corrected chi connectivity index (χ2v) is 14.9. The Morgan fingerprint density at radius 1 is 0.408 bits per heavy atom. The largest absolute Gasteiger partial charge is 0.310 e. The van der Waals surface area contributed by atoms with Crippen molar-refractivity contribution < 1.29 is 0 Å². The highest BCUT2D eigenvalue weighted by molar-refractivity contribution is 7.25. The maximum Gasteiger partial charge on any atom is 0.0465 e. The van der Waals surface area contributed by atoms with Crippen LogP contribution in [0.1, 0.15) is 25.0 Å². The van der Waals surface area contributed by atoms with Crippen molar-refractivity contribution in [1.29, 1.82) is 0 Å². The second kappa shape index (κ2) is 10.7. The fourth-order valence-corrected chi connectivity index (χ4v) is 9.25. The quantitative estimate of drug-likeness (QED) is 0.173. The molecule has 0 amide bonds. The van der Waals surface area contributed by atoms with Gasteiger partial charge in [-0.3, -0.25) is 0 Å². The van der Waals surface area contributed by atoms with Crippen LogP contribution in [-0.4, -0.2) is 0 Å². The van der Waals surface area contributed by atoms with Gasteiger partial charge in [0.2, 0.25) is 0 Å². The third kappa shape index (κ3) is 4.38. The molecule has 0 saturated heterocycles. The molecule has 0 unspecified atom stereocenters. The van der Waals surface area contributed by atoms with E-state index in [0.29, 0.717) is 0 Å². The molecule has 1 aliphatic rings. The molecule has 0 radical (unpaired) electrons. The Balaban J connectivity index is 1.03. The summed E-state index contributed by atoms with van der Waals surface area (Å²) in [6, 6.07) is 60.6. The molecule has 10 rings (SSSR count). The molecule has 1 heterocycles. The van der Waals surface area contributed by atoms with E-state index in [1.165, 1.54) is 80.8 Å². The highest BCUT2D eigenvalue weighted by atomic mass is 32.1. The summed E-state index contributed by atoms with van der Waals surface area (Å²) in [4.78, 5) is 2.38. The van der Waals surface area contributed by atoms with Crippen molar-refractivity contribution >= 4 is 70.1 Å². The van der Waals surface area contributed by atoms with E-state index in [9.17, 15) is 0 Å². The minimum atomic E-state index is -0.0561. The minimum Gasteiger partial charge on any atom is -0.310 e. The monoisotopic (exact) mass is 643 g/mol. The zero-order valence-corrected chi connectivity index (χ0v) is 28.3. The predicted octanol–water partition coefficient (Wildman–Crippen LogP) is 13.8. The van der Waals surface area contributed by atoms with Crippen molar-refractivity contribution in [3.05, 3.63) is 175 Å². The van der Waals surface area contributed by atoms with Crippen molar-refractivity contribution in [1.82, 2.24) is 0 Å². The van der Waals surface area contributed by atoms with E-state index in [0.717, 1.165) is 11.4 Å². The topological polar surface area (TPSA) is 3.24 Å². The van der Waals surface area contributed by atoms with E-state index < -0.39 is 0 Å². The van der Waals surface area contributed by atoms with Gasteiger partial charge in [0.25, 0.3) is 0 Å². The summed E-state index contributed by atoms with van der Waals surface area (Å²) >= 11 is 1.88. The van der Waals surface area contributed by atoms with Gasteiger partial charge in [-0.1, -0.05) is 117 Å². The molecule has 0 bridgehead atoms. The fraction of sp³-hybridized carbons (Fsp3) is 0.0638. The van der Waals surface area contributed by atoms with Crippen LogP contribution in [0.3, 0.4) is 0 Å². The number of hydrogen-bond donors (Lipinski definition) is 0. The van der Waals surface area contributed by atoms with E-state index in [4.69, 9.17) is 0 Å². The number of thiophene rings is 1. The summed E-state index contributed by atoms with van der Waals surface area (Å²) < 4.78 is 2.69. The molecular formula is C47H33NS. The van der Waals surface area contributed by atoms with Gasteiger partial charge in [-0.05, 0) is 116 Å². The Morgan fingerprint density at radius 2 is 1.08 bits per heavy atom. The first-order valence-corrected chi connectivity index (χ1v) is 17.8. The first-order valence-electron chi connectivity index (χ1n) is 17.0. The van der Waals surface area contributed by atoms with Gasteiger partial charge in [-0.2, -0.15) is 0 Å². The lowest BCUT2D eigenvalue weighted by molar-refractivity contribution is 0.660. The number of nitrogens with zero attached hydrogens (tertiary/aromatic N) is 1. The van der Waals surface area contributed by atoms with Crippen molar-refractivity contribution in [2.45, 2.75) is 19.3 Å². The van der Waals surface area contributed by atoms with Crippen molar-refractivity contribution in [3.63, 3.8) is 0 Å². The number of hydrogen-bond acceptors (Lipinski definition) is 2. The van der Waals surface area contributed by atoms with Gasteiger partial charge in [-0.15, -0.1) is 11.3 Å². The Hall–Kier alpha value is -5.70. The number of para-hydroxylation sites is 1. The maximum atomic E-state index is 2.40. The zero-order valence-electron chi connectivity index (χ0n) is 27.4. The molecule has 2 heteroatoms. The fourth-order valence-electron chi connectivity index (χ4n) is 8.12. The third-order valence-electron chi connectivity index (χ3n) is 10.6. The summed E-state index contributed by atoms with van der Waals surface area (Å²) in [5.41, 5.74) is 11.3. The summed E-state index contributed by atoms with van der Waals surface area (Å²) in [6.45, 7) is 4.69. The molecule has 1 aliphatic carbocycles. The molecule has 1 nitrogen and oxygen atoms in total. The Kier molecular flexibility index (Phi) is 6.16. The Labute approximate surface area is 290 Å². The summed E-state index contributed by atoms with van der Waals surface area (Å²) in [5, 5.41) is 7.87. The van der Waals surface area contributed by atoms with Crippen molar-refractivity contribution in [2.24, 2.45) is 0 Å². The van der Waals surface area contributed by atoms with Crippen LogP contribution in [0.25, 0.3) is 64.0 Å². The van der Waals surface area contributed by atoms with Crippen LogP contribution in [0.4, 0.5) is 17.1 Å². The van der Waals surface area contributed by atoms with Gasteiger partial charge in [0, 0.05) is 42.6 Å². The van der Waals surface area contributed by atoms with Crippen LogP contribution in [0.15, 0.2) is 164 Å². The Morgan fingerprint density at radius 3 is 1.94 bits per heavy atom. The molecule has 0 aliphatic heterocycles. The maximum absolute atomic E-state index is 2.40. The summed E-state index contributed by atoms with van der Waals surface area (Å²) in [6.07, 6.45) is 0. The molecule has 232 valence electrons. The number of benzene rings is 8. The van der Waals surface area contributed by atoms with Crippen LogP contribution in [0, 0.1) is 0 Å². The molecule has 0 fully saturated rings. The smallest absolute Gasteiger partial charge is 0.0465 e. The van der Waals surface area contributed by atoms with E-state index >= 15 is 0 Å². The highest BCUT2D eigenvalue weighted by Gasteiger charge is 2.35. The van der Waals surface area contributed by atoms with Crippen LogP contribution < -0.4 is 4.90 Å². The molecule has 0 atom stereocenters. The van der Waals surface area contributed by atoms with E-state index in [1.807, 2.05) is 11.3 Å².